The molecular formula is C14H12F3NO5. The zero-order valence-electron chi connectivity index (χ0n) is 12.2. The van der Waals surface area contributed by atoms with E-state index in [1.165, 1.54) is 0 Å². The second kappa shape index (κ2) is 6.69. The molecule has 1 heterocycles. The molecule has 0 unspecified atom stereocenters. The molecule has 1 aliphatic rings. The van der Waals surface area contributed by atoms with Crippen LogP contribution in [0.4, 0.5) is 18.9 Å². The molecule has 0 aromatic heterocycles. The minimum Gasteiger partial charge on any atom is -0.466 e. The van der Waals surface area contributed by atoms with Crippen molar-refractivity contribution in [3.63, 3.8) is 0 Å². The van der Waals surface area contributed by atoms with Gasteiger partial charge < -0.3 is 19.1 Å². The van der Waals surface area contributed by atoms with Gasteiger partial charge in [0, 0.05) is 0 Å². The van der Waals surface area contributed by atoms with E-state index in [1.807, 2.05) is 0 Å². The summed E-state index contributed by atoms with van der Waals surface area (Å²) in [5.41, 5.74) is -1.64. The molecule has 0 spiro atoms. The predicted octanol–water partition coefficient (Wildman–Crippen LogP) is 1.50. The zero-order valence-corrected chi connectivity index (χ0v) is 12.2. The number of benzene rings is 1. The topological polar surface area (TPSA) is 65.1 Å². The second-order valence-electron chi connectivity index (χ2n) is 4.41. The monoisotopic (exact) mass is 331 g/mol. The summed E-state index contributed by atoms with van der Waals surface area (Å²) in [6.45, 7) is -0.811. The van der Waals surface area contributed by atoms with Crippen molar-refractivity contribution in [1.29, 1.82) is 0 Å². The Hall–Kier alpha value is -2.55. The highest BCUT2D eigenvalue weighted by Crippen LogP contribution is 2.32. The molecule has 0 N–H and O–H groups in total. The molecule has 0 aliphatic carbocycles. The molecule has 0 saturated heterocycles. The largest absolute Gasteiger partial charge is 0.466 e. The van der Waals surface area contributed by atoms with E-state index in [0.717, 1.165) is 14.2 Å². The van der Waals surface area contributed by atoms with Crippen LogP contribution in [0.2, 0.25) is 0 Å². The van der Waals surface area contributed by atoms with Crippen LogP contribution in [-0.4, -0.2) is 39.5 Å². The van der Waals surface area contributed by atoms with E-state index in [2.05, 4.69) is 9.47 Å². The van der Waals surface area contributed by atoms with Gasteiger partial charge in [-0.15, -0.1) is 0 Å². The first-order valence-corrected chi connectivity index (χ1v) is 6.30. The van der Waals surface area contributed by atoms with Crippen LogP contribution >= 0.6 is 0 Å². The SMILES string of the molecule is COC(=O)C1=C(C(=O)OC)N(c2c(F)ccc(F)c2F)COC1. The molecule has 124 valence electrons. The normalized spacial score (nSPS) is 14.7. The first-order chi connectivity index (χ1) is 10.9. The number of esters is 2. The van der Waals surface area contributed by atoms with Gasteiger partial charge in [0.1, 0.15) is 23.9 Å². The number of anilines is 1. The average molecular weight is 331 g/mol. The number of halogens is 3. The molecule has 0 amide bonds. The maximum Gasteiger partial charge on any atom is 0.355 e. The van der Waals surface area contributed by atoms with E-state index in [9.17, 15) is 22.8 Å². The quantitative estimate of drug-likeness (QED) is 0.618. The number of methoxy groups -OCH3 is 2. The number of hydrogen-bond acceptors (Lipinski definition) is 6. The fourth-order valence-electron chi connectivity index (χ4n) is 2.08. The van der Waals surface area contributed by atoms with E-state index < -0.39 is 47.5 Å². The van der Waals surface area contributed by atoms with Crippen molar-refractivity contribution in [3.05, 3.63) is 40.9 Å². The van der Waals surface area contributed by atoms with E-state index in [1.54, 1.807) is 0 Å². The molecule has 0 atom stereocenters. The van der Waals surface area contributed by atoms with E-state index >= 15 is 0 Å². The van der Waals surface area contributed by atoms with Gasteiger partial charge in [-0.25, -0.2) is 22.8 Å². The predicted molar refractivity (Wildman–Crippen MR) is 70.7 cm³/mol. The standard InChI is InChI=1S/C14H12F3NO5/c1-21-13(19)7-5-23-6-18(11(7)14(20)22-2)12-9(16)4-3-8(15)10(12)17/h3-4H,5-6H2,1-2H3. The van der Waals surface area contributed by atoms with Crippen molar-refractivity contribution in [3.8, 4) is 0 Å². The van der Waals surface area contributed by atoms with Gasteiger partial charge in [-0.05, 0) is 12.1 Å². The lowest BCUT2D eigenvalue weighted by Crippen LogP contribution is -2.39. The maximum atomic E-state index is 14.0. The molecular weight excluding hydrogens is 319 g/mol. The van der Waals surface area contributed by atoms with Gasteiger partial charge in [0.05, 0.1) is 26.4 Å². The van der Waals surface area contributed by atoms with Crippen molar-refractivity contribution in [1.82, 2.24) is 0 Å². The number of ether oxygens (including phenoxy) is 3. The van der Waals surface area contributed by atoms with Crippen molar-refractivity contribution in [2.24, 2.45) is 0 Å². The summed E-state index contributed by atoms with van der Waals surface area (Å²) in [4.78, 5) is 24.4. The summed E-state index contributed by atoms with van der Waals surface area (Å²) in [6.07, 6.45) is 0. The van der Waals surface area contributed by atoms with Gasteiger partial charge in [0.15, 0.2) is 11.6 Å². The molecule has 6 nitrogen and oxygen atoms in total. The first-order valence-electron chi connectivity index (χ1n) is 6.30. The summed E-state index contributed by atoms with van der Waals surface area (Å²) in [5, 5.41) is 0. The third kappa shape index (κ3) is 3.00. The zero-order chi connectivity index (χ0) is 17.1. The van der Waals surface area contributed by atoms with Crippen LogP contribution in [0.3, 0.4) is 0 Å². The Morgan fingerprint density at radius 3 is 2.30 bits per heavy atom. The summed E-state index contributed by atoms with van der Waals surface area (Å²) in [6, 6.07) is 1.29. The van der Waals surface area contributed by atoms with E-state index in [4.69, 9.17) is 4.74 Å². The molecule has 9 heteroatoms. The van der Waals surface area contributed by atoms with Crippen LogP contribution < -0.4 is 4.90 Å². The Morgan fingerprint density at radius 2 is 1.70 bits per heavy atom. The van der Waals surface area contributed by atoms with Gasteiger partial charge in [-0.3, -0.25) is 0 Å². The molecule has 23 heavy (non-hydrogen) atoms. The third-order valence-electron chi connectivity index (χ3n) is 3.12. The Balaban J connectivity index is 2.68. The summed E-state index contributed by atoms with van der Waals surface area (Å²) >= 11 is 0. The highest BCUT2D eigenvalue weighted by atomic mass is 19.2. The molecule has 0 fully saturated rings. The van der Waals surface area contributed by atoms with Gasteiger partial charge >= 0.3 is 11.9 Å². The number of rotatable bonds is 3. The van der Waals surface area contributed by atoms with Crippen LogP contribution in [-0.2, 0) is 23.8 Å². The van der Waals surface area contributed by atoms with Gasteiger partial charge in [-0.1, -0.05) is 0 Å². The molecule has 1 aromatic carbocycles. The van der Waals surface area contributed by atoms with Crippen molar-refractivity contribution in [2.75, 3.05) is 32.5 Å². The third-order valence-corrected chi connectivity index (χ3v) is 3.12. The molecule has 1 aliphatic heterocycles. The summed E-state index contributed by atoms with van der Waals surface area (Å²) in [5.74, 6) is -5.97. The van der Waals surface area contributed by atoms with Crippen molar-refractivity contribution < 1.29 is 37.0 Å². The van der Waals surface area contributed by atoms with E-state index in [0.29, 0.717) is 17.0 Å². The molecule has 0 radical (unpaired) electrons. The van der Waals surface area contributed by atoms with Crippen molar-refractivity contribution in [2.45, 2.75) is 0 Å². The average Bonchev–Trinajstić information content (AvgIpc) is 2.56. The Kier molecular flexibility index (Phi) is 4.89. The fraction of sp³-hybridized carbons (Fsp3) is 0.286. The first kappa shape index (κ1) is 16.8. The van der Waals surface area contributed by atoms with Crippen LogP contribution in [0.1, 0.15) is 0 Å². The van der Waals surface area contributed by atoms with E-state index in [-0.39, 0.29) is 12.2 Å². The van der Waals surface area contributed by atoms with Gasteiger partial charge in [0.2, 0.25) is 0 Å². The van der Waals surface area contributed by atoms with Gasteiger partial charge in [-0.2, -0.15) is 0 Å². The lowest BCUT2D eigenvalue weighted by atomic mass is 10.1. The minimum atomic E-state index is -1.53. The van der Waals surface area contributed by atoms with Crippen LogP contribution in [0.15, 0.2) is 23.4 Å². The smallest absolute Gasteiger partial charge is 0.355 e. The summed E-state index contributed by atoms with van der Waals surface area (Å²) < 4.78 is 55.5. The lowest BCUT2D eigenvalue weighted by molar-refractivity contribution is -0.140. The fourth-order valence-corrected chi connectivity index (χ4v) is 2.08. The molecule has 0 saturated carbocycles. The van der Waals surface area contributed by atoms with Gasteiger partial charge in [0.25, 0.3) is 0 Å². The number of hydrogen-bond donors (Lipinski definition) is 0. The van der Waals surface area contributed by atoms with Crippen molar-refractivity contribution >= 4 is 17.6 Å². The molecule has 1 aromatic rings. The maximum absolute atomic E-state index is 14.0. The summed E-state index contributed by atoms with van der Waals surface area (Å²) in [7, 11) is 2.09. The minimum absolute atomic E-state index is 0.298. The highest BCUT2D eigenvalue weighted by Gasteiger charge is 2.35. The highest BCUT2D eigenvalue weighted by molar-refractivity contribution is 6.03. The van der Waals surface area contributed by atoms with Crippen LogP contribution in [0.5, 0.6) is 0 Å². The second-order valence-corrected chi connectivity index (χ2v) is 4.41. The number of nitrogens with zero attached hydrogens (tertiary/aromatic N) is 1. The lowest BCUT2D eigenvalue weighted by Gasteiger charge is -2.31. The van der Waals surface area contributed by atoms with Crippen LogP contribution in [0.25, 0.3) is 0 Å². The molecule has 2 rings (SSSR count). The van der Waals surface area contributed by atoms with Crippen LogP contribution in [0, 0.1) is 17.5 Å². The number of carbonyl (C=O) groups is 2. The number of carbonyl (C=O) groups excluding carboxylic acids is 2. The Morgan fingerprint density at radius 1 is 1.09 bits per heavy atom. The Labute approximate surface area is 129 Å². The Bertz CT molecular complexity index is 689. The molecule has 0 bridgehead atoms.